The lowest BCUT2D eigenvalue weighted by molar-refractivity contribution is -0.138. The second kappa shape index (κ2) is 8.98. The third-order valence-corrected chi connectivity index (χ3v) is 5.80. The van der Waals surface area contributed by atoms with E-state index in [-0.39, 0.29) is 36.9 Å². The van der Waals surface area contributed by atoms with Crippen molar-refractivity contribution in [1.82, 2.24) is 10.2 Å². The van der Waals surface area contributed by atoms with Gasteiger partial charge in [0, 0.05) is 18.7 Å². The molecule has 2 aromatic carbocycles. The Morgan fingerprint density at radius 3 is 2.55 bits per heavy atom. The number of carboxylic acid groups (broad SMARTS) is 1. The molecule has 5 nitrogen and oxygen atoms in total. The molecule has 1 aliphatic carbocycles. The number of carbonyl (C=O) groups excluding carboxylic acids is 1. The first-order chi connectivity index (χ1) is 14.9. The number of nitrogens with one attached hydrogen (secondary N) is 1. The van der Waals surface area contributed by atoms with Crippen LogP contribution in [0.25, 0.3) is 5.57 Å². The Balaban J connectivity index is 1.63. The molecule has 0 spiro atoms. The van der Waals surface area contributed by atoms with Crippen molar-refractivity contribution in [2.45, 2.75) is 31.3 Å². The predicted molar refractivity (Wildman–Crippen MR) is 112 cm³/mol. The molecule has 0 unspecified atom stereocenters. The van der Waals surface area contributed by atoms with E-state index in [0.717, 1.165) is 36.6 Å². The minimum absolute atomic E-state index is 0.0728. The molecule has 0 saturated heterocycles. The lowest BCUT2D eigenvalue weighted by atomic mass is 10.0. The van der Waals surface area contributed by atoms with E-state index in [0.29, 0.717) is 5.57 Å². The number of aliphatic carboxylic acids is 1. The molecule has 162 valence electrons. The summed E-state index contributed by atoms with van der Waals surface area (Å²) in [6.07, 6.45) is 3.54. The minimum Gasteiger partial charge on any atom is -0.481 e. The summed E-state index contributed by atoms with van der Waals surface area (Å²) in [5, 5.41) is 12.0. The predicted octanol–water partition coefficient (Wildman–Crippen LogP) is 3.77. The molecular formula is C24H24F2N2O3. The molecule has 2 aliphatic rings. The molecule has 7 heteroatoms. The minimum atomic E-state index is -0.927. The summed E-state index contributed by atoms with van der Waals surface area (Å²) in [6.45, 7) is 0.355. The van der Waals surface area contributed by atoms with Crippen LogP contribution >= 0.6 is 0 Å². The van der Waals surface area contributed by atoms with Crippen LogP contribution in [-0.2, 0) is 9.59 Å². The highest BCUT2D eigenvalue weighted by molar-refractivity contribution is 5.87. The van der Waals surface area contributed by atoms with Crippen molar-refractivity contribution < 1.29 is 23.5 Å². The molecule has 1 saturated carbocycles. The van der Waals surface area contributed by atoms with Gasteiger partial charge in [-0.25, -0.2) is 8.78 Å². The highest BCUT2D eigenvalue weighted by Gasteiger charge is 2.41. The molecular weight excluding hydrogens is 402 g/mol. The van der Waals surface area contributed by atoms with Gasteiger partial charge < -0.3 is 15.3 Å². The number of rotatable bonds is 8. The average Bonchev–Trinajstić information content (AvgIpc) is 3.50. The van der Waals surface area contributed by atoms with Crippen molar-refractivity contribution >= 4 is 17.4 Å². The lowest BCUT2D eigenvalue weighted by Crippen LogP contribution is -2.48. The third-order valence-electron chi connectivity index (χ3n) is 5.80. The SMILES string of the molecule is O=C(O)CCN[C@H](C(=O)N1CC(c2cc(F)ccc2F)=C[C@H]1c1ccccc1)C1CC1. The van der Waals surface area contributed by atoms with Crippen LogP contribution in [0.15, 0.2) is 54.6 Å². The van der Waals surface area contributed by atoms with Gasteiger partial charge >= 0.3 is 5.97 Å². The Labute approximate surface area is 179 Å². The Morgan fingerprint density at radius 2 is 1.87 bits per heavy atom. The van der Waals surface area contributed by atoms with Crippen LogP contribution in [0, 0.1) is 17.6 Å². The fourth-order valence-corrected chi connectivity index (χ4v) is 4.07. The van der Waals surface area contributed by atoms with E-state index in [1.165, 1.54) is 0 Å². The number of hydrogen-bond acceptors (Lipinski definition) is 3. The van der Waals surface area contributed by atoms with E-state index < -0.39 is 29.7 Å². The molecule has 31 heavy (non-hydrogen) atoms. The van der Waals surface area contributed by atoms with Gasteiger partial charge in [-0.05, 0) is 48.1 Å². The topological polar surface area (TPSA) is 69.6 Å². The van der Waals surface area contributed by atoms with Gasteiger partial charge in [0.05, 0.1) is 18.5 Å². The molecule has 2 aromatic rings. The first kappa shape index (κ1) is 21.2. The number of benzene rings is 2. The van der Waals surface area contributed by atoms with Gasteiger partial charge in [0.2, 0.25) is 5.91 Å². The van der Waals surface area contributed by atoms with E-state index in [2.05, 4.69) is 5.32 Å². The van der Waals surface area contributed by atoms with Crippen molar-refractivity contribution in [3.8, 4) is 0 Å². The van der Waals surface area contributed by atoms with Crippen molar-refractivity contribution in [3.63, 3.8) is 0 Å². The second-order valence-electron chi connectivity index (χ2n) is 8.05. The maximum atomic E-state index is 14.4. The van der Waals surface area contributed by atoms with Gasteiger partial charge in [-0.1, -0.05) is 36.4 Å². The van der Waals surface area contributed by atoms with E-state index in [9.17, 15) is 18.4 Å². The number of nitrogens with zero attached hydrogens (tertiary/aromatic N) is 1. The average molecular weight is 426 g/mol. The van der Waals surface area contributed by atoms with Crippen LogP contribution < -0.4 is 5.32 Å². The van der Waals surface area contributed by atoms with Crippen molar-refractivity contribution in [2.75, 3.05) is 13.1 Å². The standard InChI is InChI=1S/C24H24F2N2O3/c25-18-8-9-20(26)19(13-18)17-12-21(15-4-2-1-3-5-15)28(14-17)24(31)23(16-6-7-16)27-11-10-22(29)30/h1-5,8-9,12-13,16,21,23,27H,6-7,10-11,14H2,(H,29,30)/t21-,23-/m0/s1. The zero-order chi connectivity index (χ0) is 22.0. The van der Waals surface area contributed by atoms with Crippen LogP contribution in [0.1, 0.15) is 36.4 Å². The quantitative estimate of drug-likeness (QED) is 0.674. The van der Waals surface area contributed by atoms with Crippen LogP contribution in [0.4, 0.5) is 8.78 Å². The van der Waals surface area contributed by atoms with E-state index in [1.807, 2.05) is 36.4 Å². The smallest absolute Gasteiger partial charge is 0.304 e. The zero-order valence-corrected chi connectivity index (χ0v) is 16.9. The van der Waals surface area contributed by atoms with Gasteiger partial charge in [0.1, 0.15) is 11.6 Å². The molecule has 2 atom stereocenters. The van der Waals surface area contributed by atoms with Crippen LogP contribution in [-0.4, -0.2) is 41.0 Å². The molecule has 1 fully saturated rings. The van der Waals surface area contributed by atoms with Gasteiger partial charge in [-0.15, -0.1) is 0 Å². The van der Waals surface area contributed by atoms with Gasteiger partial charge in [-0.3, -0.25) is 9.59 Å². The number of halogens is 2. The van der Waals surface area contributed by atoms with Crippen molar-refractivity contribution in [2.24, 2.45) is 5.92 Å². The van der Waals surface area contributed by atoms with E-state index in [1.54, 1.807) is 4.90 Å². The van der Waals surface area contributed by atoms with Crippen LogP contribution in [0.5, 0.6) is 0 Å². The number of carbonyl (C=O) groups is 2. The summed E-state index contributed by atoms with van der Waals surface area (Å²) in [4.78, 5) is 26.1. The number of carboxylic acids is 1. The lowest BCUT2D eigenvalue weighted by Gasteiger charge is -2.30. The maximum Gasteiger partial charge on any atom is 0.304 e. The van der Waals surface area contributed by atoms with Crippen molar-refractivity contribution in [3.05, 3.63) is 77.4 Å². The molecule has 1 amide bonds. The summed E-state index contributed by atoms with van der Waals surface area (Å²) in [5.74, 6) is -1.99. The van der Waals surface area contributed by atoms with Gasteiger partial charge in [-0.2, -0.15) is 0 Å². The Hall–Kier alpha value is -3.06. The third kappa shape index (κ3) is 4.82. The highest BCUT2D eigenvalue weighted by atomic mass is 19.1. The molecule has 2 N–H and O–H groups in total. The van der Waals surface area contributed by atoms with Crippen molar-refractivity contribution in [1.29, 1.82) is 0 Å². The Bertz CT molecular complexity index is 1010. The van der Waals surface area contributed by atoms with Crippen LogP contribution in [0.3, 0.4) is 0 Å². The zero-order valence-electron chi connectivity index (χ0n) is 16.9. The molecule has 1 aliphatic heterocycles. The highest BCUT2D eigenvalue weighted by Crippen LogP contribution is 2.39. The summed E-state index contributed by atoms with van der Waals surface area (Å²) < 4.78 is 28.2. The largest absolute Gasteiger partial charge is 0.481 e. The normalized spacial score (nSPS) is 19.2. The maximum absolute atomic E-state index is 14.4. The molecule has 0 radical (unpaired) electrons. The molecule has 1 heterocycles. The summed E-state index contributed by atoms with van der Waals surface area (Å²) in [5.41, 5.74) is 1.58. The first-order valence-corrected chi connectivity index (χ1v) is 10.4. The van der Waals surface area contributed by atoms with E-state index in [4.69, 9.17) is 5.11 Å². The molecule has 0 aromatic heterocycles. The fraction of sp³-hybridized carbons (Fsp3) is 0.333. The van der Waals surface area contributed by atoms with Gasteiger partial charge in [0.25, 0.3) is 0 Å². The number of hydrogen-bond donors (Lipinski definition) is 2. The Kier molecular flexibility index (Phi) is 6.13. The van der Waals surface area contributed by atoms with E-state index >= 15 is 0 Å². The fourth-order valence-electron chi connectivity index (χ4n) is 4.07. The van der Waals surface area contributed by atoms with Gasteiger partial charge in [0.15, 0.2) is 0 Å². The molecule has 4 rings (SSSR count). The molecule has 0 bridgehead atoms. The second-order valence-corrected chi connectivity index (χ2v) is 8.05. The number of amides is 1. The first-order valence-electron chi connectivity index (χ1n) is 10.4. The summed E-state index contributed by atoms with van der Waals surface area (Å²) >= 11 is 0. The Morgan fingerprint density at radius 1 is 1.13 bits per heavy atom. The summed E-state index contributed by atoms with van der Waals surface area (Å²) in [7, 11) is 0. The summed E-state index contributed by atoms with van der Waals surface area (Å²) in [6, 6.07) is 11.8. The van der Waals surface area contributed by atoms with Crippen LogP contribution in [0.2, 0.25) is 0 Å². The monoisotopic (exact) mass is 426 g/mol.